The predicted octanol–water partition coefficient (Wildman–Crippen LogP) is 2.40. The minimum atomic E-state index is -0.101. The summed E-state index contributed by atoms with van der Waals surface area (Å²) in [5.74, 6) is -0.101. The molecule has 0 unspecified atom stereocenters. The Labute approximate surface area is 85.1 Å². The molecule has 0 aromatic carbocycles. The fourth-order valence-electron chi connectivity index (χ4n) is 0.495. The summed E-state index contributed by atoms with van der Waals surface area (Å²) < 4.78 is 4.69. The van der Waals surface area contributed by atoms with Gasteiger partial charge in [-0.15, -0.1) is 0 Å². The maximum absolute atomic E-state index is 10.6. The molecule has 0 heterocycles. The first-order valence-corrected chi connectivity index (χ1v) is 10.5. The van der Waals surface area contributed by atoms with Crippen molar-refractivity contribution in [3.05, 3.63) is 6.42 Å². The summed E-state index contributed by atoms with van der Waals surface area (Å²) >= 11 is 4.25. The standard InChI is InChI=1S/C7H13O2.BrH.Zn/c1-3-5-6-7(8)9-4-2;;/h3H,4-6H2,1-2H3;1H;/q-1;;+2/p-1. The molecular weight excluding hydrogens is 261 g/mol. The van der Waals surface area contributed by atoms with Crippen molar-refractivity contribution in [2.24, 2.45) is 0 Å². The third-order valence-electron chi connectivity index (χ3n) is 0.942. The number of hydrogen-bond donors (Lipinski definition) is 0. The van der Waals surface area contributed by atoms with E-state index in [9.17, 15) is 4.79 Å². The van der Waals surface area contributed by atoms with Gasteiger partial charge in [0, 0.05) is 6.42 Å². The first-order chi connectivity index (χ1) is 5.31. The summed E-state index contributed by atoms with van der Waals surface area (Å²) in [5.41, 5.74) is 0. The van der Waals surface area contributed by atoms with E-state index < -0.39 is 0 Å². The molecule has 0 aliphatic carbocycles. The van der Waals surface area contributed by atoms with E-state index in [-0.39, 0.29) is 5.97 Å². The molecule has 0 saturated carbocycles. The molecule has 11 heavy (non-hydrogen) atoms. The molecule has 0 N–H and O–H groups in total. The number of unbranched alkanes of at least 4 members (excludes halogenated alkanes) is 1. The van der Waals surface area contributed by atoms with Gasteiger partial charge < -0.3 is 11.2 Å². The summed E-state index contributed by atoms with van der Waals surface area (Å²) in [6, 6.07) is 0. The fraction of sp³-hybridized carbons (Fsp3) is 0.714. The average molecular weight is 274 g/mol. The number of carbonyl (C=O) groups is 1. The monoisotopic (exact) mass is 272 g/mol. The van der Waals surface area contributed by atoms with Gasteiger partial charge >= 0.3 is 35.9 Å². The van der Waals surface area contributed by atoms with E-state index in [1.165, 1.54) is 16.3 Å². The van der Waals surface area contributed by atoms with Crippen molar-refractivity contribution in [1.82, 2.24) is 0 Å². The molecule has 0 spiro atoms. The van der Waals surface area contributed by atoms with Gasteiger partial charge in [0.15, 0.2) is 0 Å². The first-order valence-electron chi connectivity index (χ1n) is 3.51. The Hall–Kier alpha value is 0.573. The SMILES string of the molecule is C[CH-]CCC(=O)OCC.[Zn+][Br]. The topological polar surface area (TPSA) is 26.3 Å². The third kappa shape index (κ3) is 13.5. The van der Waals surface area contributed by atoms with E-state index in [2.05, 4.69) is 18.4 Å². The molecule has 0 amide bonds. The van der Waals surface area contributed by atoms with Gasteiger partial charge in [-0.25, -0.2) is 0 Å². The zero-order valence-corrected chi connectivity index (χ0v) is 11.7. The molecule has 4 heteroatoms. The van der Waals surface area contributed by atoms with Crippen molar-refractivity contribution in [2.45, 2.75) is 26.7 Å². The summed E-state index contributed by atoms with van der Waals surface area (Å²) in [5, 5.41) is 0. The molecule has 0 aromatic rings. The van der Waals surface area contributed by atoms with E-state index in [1.807, 2.05) is 20.3 Å². The Balaban J connectivity index is 0. The van der Waals surface area contributed by atoms with Crippen LogP contribution in [0.3, 0.4) is 0 Å². The van der Waals surface area contributed by atoms with E-state index in [0.29, 0.717) is 13.0 Å². The van der Waals surface area contributed by atoms with E-state index in [0.717, 1.165) is 6.42 Å². The Morgan fingerprint density at radius 3 is 2.55 bits per heavy atom. The van der Waals surface area contributed by atoms with Crippen LogP contribution in [-0.4, -0.2) is 12.6 Å². The maximum atomic E-state index is 10.6. The molecule has 0 bridgehead atoms. The van der Waals surface area contributed by atoms with Crippen molar-refractivity contribution in [3.63, 3.8) is 0 Å². The van der Waals surface area contributed by atoms with Crippen LogP contribution in [0.5, 0.6) is 0 Å². The van der Waals surface area contributed by atoms with Crippen LogP contribution in [0.15, 0.2) is 0 Å². The molecule has 0 aliphatic rings. The van der Waals surface area contributed by atoms with Crippen molar-refractivity contribution < 1.29 is 25.9 Å². The Bertz CT molecular complexity index is 88.5. The zero-order chi connectivity index (χ0) is 9.11. The van der Waals surface area contributed by atoms with Crippen LogP contribution in [0.25, 0.3) is 0 Å². The third-order valence-corrected chi connectivity index (χ3v) is 0.942. The molecule has 0 rings (SSSR count). The molecule has 2 nitrogen and oxygen atoms in total. The molecule has 0 aromatic heterocycles. The number of esters is 1. The summed E-state index contributed by atoms with van der Waals surface area (Å²) in [6.07, 6.45) is 3.29. The molecule has 0 atom stereocenters. The number of halogens is 1. The Morgan fingerprint density at radius 2 is 2.18 bits per heavy atom. The summed E-state index contributed by atoms with van der Waals surface area (Å²) in [7, 11) is 0. The normalized spacial score (nSPS) is 8.09. The summed E-state index contributed by atoms with van der Waals surface area (Å²) in [4.78, 5) is 10.6. The van der Waals surface area contributed by atoms with Gasteiger partial charge in [0.25, 0.3) is 0 Å². The number of carbonyl (C=O) groups excluding carboxylic acids is 1. The van der Waals surface area contributed by atoms with Crippen LogP contribution in [0.4, 0.5) is 0 Å². The molecule has 0 aliphatic heterocycles. The number of hydrogen-bond acceptors (Lipinski definition) is 2. The van der Waals surface area contributed by atoms with Gasteiger partial charge in [0.1, 0.15) is 0 Å². The quantitative estimate of drug-likeness (QED) is 0.447. The average Bonchev–Trinajstić information content (AvgIpc) is 2.05. The molecule has 62 valence electrons. The second-order valence-electron chi connectivity index (χ2n) is 1.75. The van der Waals surface area contributed by atoms with Gasteiger partial charge in [-0.3, -0.25) is 4.79 Å². The fourth-order valence-corrected chi connectivity index (χ4v) is 0.495. The van der Waals surface area contributed by atoms with Gasteiger partial charge in [-0.1, -0.05) is 0 Å². The van der Waals surface area contributed by atoms with Crippen LogP contribution in [0.2, 0.25) is 0 Å². The zero-order valence-electron chi connectivity index (χ0n) is 7.10. The molecule has 0 radical (unpaired) electrons. The predicted molar refractivity (Wildman–Crippen MR) is 44.8 cm³/mol. The second kappa shape index (κ2) is 13.2. The van der Waals surface area contributed by atoms with E-state index in [1.54, 1.807) is 0 Å². The van der Waals surface area contributed by atoms with E-state index >= 15 is 0 Å². The van der Waals surface area contributed by atoms with Crippen LogP contribution in [0, 0.1) is 6.42 Å². The molecule has 0 saturated heterocycles. The first kappa shape index (κ1) is 14.1. The van der Waals surface area contributed by atoms with Crippen LogP contribution < -0.4 is 0 Å². The second-order valence-corrected chi connectivity index (χ2v) is 1.75. The van der Waals surface area contributed by atoms with Gasteiger partial charge in [0.2, 0.25) is 0 Å². The van der Waals surface area contributed by atoms with Crippen molar-refractivity contribution in [2.75, 3.05) is 6.61 Å². The van der Waals surface area contributed by atoms with Gasteiger partial charge in [-0.2, -0.15) is 13.3 Å². The van der Waals surface area contributed by atoms with Crippen LogP contribution in [0.1, 0.15) is 26.7 Å². The Morgan fingerprint density at radius 1 is 1.64 bits per heavy atom. The van der Waals surface area contributed by atoms with Gasteiger partial charge in [0.05, 0.1) is 6.61 Å². The van der Waals surface area contributed by atoms with Crippen molar-refractivity contribution in [3.8, 4) is 0 Å². The number of ether oxygens (including phenoxy) is 1. The van der Waals surface area contributed by atoms with Gasteiger partial charge in [-0.05, 0) is 6.92 Å². The Kier molecular flexibility index (Phi) is 16.9. The van der Waals surface area contributed by atoms with E-state index in [4.69, 9.17) is 0 Å². The molecular formula is C7H13BrO2Zn. The molecule has 0 fully saturated rings. The number of rotatable bonds is 4. The van der Waals surface area contributed by atoms with Crippen molar-refractivity contribution >= 4 is 19.6 Å². The van der Waals surface area contributed by atoms with Crippen molar-refractivity contribution in [1.29, 1.82) is 0 Å². The summed E-state index contributed by atoms with van der Waals surface area (Å²) in [6.45, 7) is 4.23. The minimum absolute atomic E-state index is 0.101. The van der Waals surface area contributed by atoms with Crippen LogP contribution >= 0.6 is 13.6 Å². The van der Waals surface area contributed by atoms with Crippen LogP contribution in [-0.2, 0) is 25.9 Å².